The Morgan fingerprint density at radius 2 is 2.29 bits per heavy atom. The SMILES string of the molecule is CCC1CCCN(C(=O)c2cccc(C#CCO)c2C)C1. The first-order valence-corrected chi connectivity index (χ1v) is 7.66. The lowest BCUT2D eigenvalue weighted by Crippen LogP contribution is -2.40. The number of rotatable bonds is 2. The molecule has 1 amide bonds. The average molecular weight is 285 g/mol. The maximum Gasteiger partial charge on any atom is 0.254 e. The van der Waals surface area contributed by atoms with Crippen molar-refractivity contribution >= 4 is 5.91 Å². The van der Waals surface area contributed by atoms with E-state index >= 15 is 0 Å². The van der Waals surface area contributed by atoms with Crippen molar-refractivity contribution in [1.82, 2.24) is 4.90 Å². The molecule has 21 heavy (non-hydrogen) atoms. The van der Waals surface area contributed by atoms with Crippen molar-refractivity contribution in [3.05, 3.63) is 34.9 Å². The average Bonchev–Trinajstić information content (AvgIpc) is 2.53. The van der Waals surface area contributed by atoms with Gasteiger partial charge in [-0.25, -0.2) is 0 Å². The third kappa shape index (κ3) is 3.65. The minimum atomic E-state index is -0.165. The molecule has 3 heteroatoms. The van der Waals surface area contributed by atoms with Crippen molar-refractivity contribution in [2.45, 2.75) is 33.1 Å². The number of aliphatic hydroxyl groups is 1. The van der Waals surface area contributed by atoms with Gasteiger partial charge in [0.1, 0.15) is 6.61 Å². The van der Waals surface area contributed by atoms with Gasteiger partial charge in [-0.15, -0.1) is 0 Å². The van der Waals surface area contributed by atoms with E-state index in [0.717, 1.165) is 42.6 Å². The van der Waals surface area contributed by atoms with Gasteiger partial charge < -0.3 is 10.0 Å². The predicted molar refractivity (Wildman–Crippen MR) is 84.1 cm³/mol. The van der Waals surface area contributed by atoms with Gasteiger partial charge in [0.25, 0.3) is 5.91 Å². The smallest absolute Gasteiger partial charge is 0.254 e. The van der Waals surface area contributed by atoms with E-state index in [1.807, 2.05) is 30.0 Å². The Labute approximate surface area is 127 Å². The largest absolute Gasteiger partial charge is 0.384 e. The summed E-state index contributed by atoms with van der Waals surface area (Å²) in [6, 6.07) is 5.63. The van der Waals surface area contributed by atoms with Crippen LogP contribution in [0.25, 0.3) is 0 Å². The van der Waals surface area contributed by atoms with Crippen LogP contribution in [-0.4, -0.2) is 35.6 Å². The maximum atomic E-state index is 12.7. The summed E-state index contributed by atoms with van der Waals surface area (Å²) >= 11 is 0. The summed E-state index contributed by atoms with van der Waals surface area (Å²) in [6.07, 6.45) is 3.44. The van der Waals surface area contributed by atoms with Crippen LogP contribution >= 0.6 is 0 Å². The summed E-state index contributed by atoms with van der Waals surface area (Å²) < 4.78 is 0. The number of likely N-dealkylation sites (tertiary alicyclic amines) is 1. The fourth-order valence-electron chi connectivity index (χ4n) is 2.89. The molecule has 0 radical (unpaired) electrons. The normalized spacial score (nSPS) is 18.0. The molecule has 0 aromatic heterocycles. The first-order valence-electron chi connectivity index (χ1n) is 7.66. The summed E-state index contributed by atoms with van der Waals surface area (Å²) in [5.74, 6) is 6.29. The standard InChI is InChI=1S/C18H23NO2/c1-3-15-7-5-11-19(13-15)18(21)17-10-4-8-16(14(17)2)9-6-12-20/h4,8,10,15,20H,3,5,7,11-13H2,1-2H3. The molecule has 1 atom stereocenters. The van der Waals surface area contributed by atoms with E-state index in [-0.39, 0.29) is 12.5 Å². The summed E-state index contributed by atoms with van der Waals surface area (Å²) in [6.45, 7) is 5.66. The fraction of sp³-hybridized carbons (Fsp3) is 0.500. The van der Waals surface area contributed by atoms with Crippen LogP contribution in [0.1, 0.15) is 47.7 Å². The number of hydrogen-bond donors (Lipinski definition) is 1. The van der Waals surface area contributed by atoms with Crippen molar-refractivity contribution < 1.29 is 9.90 Å². The van der Waals surface area contributed by atoms with Gasteiger partial charge in [-0.3, -0.25) is 4.79 Å². The molecule has 3 nitrogen and oxygen atoms in total. The van der Waals surface area contributed by atoms with Crippen LogP contribution < -0.4 is 0 Å². The Morgan fingerprint density at radius 1 is 1.48 bits per heavy atom. The second kappa shape index (κ2) is 7.28. The number of hydrogen-bond acceptors (Lipinski definition) is 2. The molecule has 1 aromatic carbocycles. The Balaban J connectivity index is 2.23. The van der Waals surface area contributed by atoms with Gasteiger partial charge in [-0.2, -0.15) is 0 Å². The first-order chi connectivity index (χ1) is 10.2. The number of benzene rings is 1. The Kier molecular flexibility index (Phi) is 5.41. The van der Waals surface area contributed by atoms with Gasteiger partial charge in [0.15, 0.2) is 0 Å². The van der Waals surface area contributed by atoms with E-state index in [4.69, 9.17) is 5.11 Å². The molecule has 1 N–H and O–H groups in total. The van der Waals surface area contributed by atoms with Crippen LogP contribution in [0, 0.1) is 24.7 Å². The molecule has 112 valence electrons. The van der Waals surface area contributed by atoms with Crippen LogP contribution in [0.5, 0.6) is 0 Å². The minimum absolute atomic E-state index is 0.110. The van der Waals surface area contributed by atoms with Gasteiger partial charge >= 0.3 is 0 Å². The van der Waals surface area contributed by atoms with Crippen molar-refractivity contribution in [2.24, 2.45) is 5.92 Å². The minimum Gasteiger partial charge on any atom is -0.384 e. The highest BCUT2D eigenvalue weighted by Gasteiger charge is 2.24. The van der Waals surface area contributed by atoms with E-state index in [1.54, 1.807) is 0 Å². The molecule has 2 rings (SSSR count). The van der Waals surface area contributed by atoms with Gasteiger partial charge in [0.05, 0.1) is 0 Å². The van der Waals surface area contributed by atoms with Crippen LogP contribution in [0.4, 0.5) is 0 Å². The summed E-state index contributed by atoms with van der Waals surface area (Å²) in [5.41, 5.74) is 2.46. The highest BCUT2D eigenvalue weighted by molar-refractivity contribution is 5.96. The quantitative estimate of drug-likeness (QED) is 0.849. The van der Waals surface area contributed by atoms with Gasteiger partial charge in [-0.05, 0) is 43.4 Å². The van der Waals surface area contributed by atoms with Crippen molar-refractivity contribution in [3.8, 4) is 11.8 Å². The van der Waals surface area contributed by atoms with E-state index in [9.17, 15) is 4.79 Å². The topological polar surface area (TPSA) is 40.5 Å². The number of carbonyl (C=O) groups is 1. The molecule has 1 fully saturated rings. The zero-order valence-electron chi connectivity index (χ0n) is 12.9. The highest BCUT2D eigenvalue weighted by atomic mass is 16.2. The molecule has 1 unspecified atom stereocenters. The molecule has 1 saturated heterocycles. The molecular formula is C18H23NO2. The van der Waals surface area contributed by atoms with Crippen molar-refractivity contribution in [3.63, 3.8) is 0 Å². The van der Waals surface area contributed by atoms with Gasteiger partial charge in [0, 0.05) is 24.2 Å². The molecule has 0 spiro atoms. The van der Waals surface area contributed by atoms with Crippen molar-refractivity contribution in [1.29, 1.82) is 0 Å². The van der Waals surface area contributed by atoms with E-state index in [0.29, 0.717) is 5.92 Å². The summed E-state index contributed by atoms with van der Waals surface area (Å²) in [7, 11) is 0. The third-order valence-corrected chi connectivity index (χ3v) is 4.25. The van der Waals surface area contributed by atoms with E-state index < -0.39 is 0 Å². The zero-order chi connectivity index (χ0) is 15.2. The summed E-state index contributed by atoms with van der Waals surface area (Å²) in [4.78, 5) is 14.7. The van der Waals surface area contributed by atoms with Crippen LogP contribution in [-0.2, 0) is 0 Å². The first kappa shape index (κ1) is 15.6. The third-order valence-electron chi connectivity index (χ3n) is 4.25. The zero-order valence-corrected chi connectivity index (χ0v) is 12.9. The van der Waals surface area contributed by atoms with Crippen LogP contribution in [0.15, 0.2) is 18.2 Å². The monoisotopic (exact) mass is 285 g/mol. The molecule has 0 saturated carbocycles. The van der Waals surface area contributed by atoms with Crippen molar-refractivity contribution in [2.75, 3.05) is 19.7 Å². The van der Waals surface area contributed by atoms with Crippen LogP contribution in [0.2, 0.25) is 0 Å². The lowest BCUT2D eigenvalue weighted by Gasteiger charge is -2.32. The number of carbonyl (C=O) groups excluding carboxylic acids is 1. The number of nitrogens with zero attached hydrogens (tertiary/aromatic N) is 1. The fourth-order valence-corrected chi connectivity index (χ4v) is 2.89. The number of piperidine rings is 1. The highest BCUT2D eigenvalue weighted by Crippen LogP contribution is 2.22. The summed E-state index contributed by atoms with van der Waals surface area (Å²) in [5, 5.41) is 8.81. The van der Waals surface area contributed by atoms with Gasteiger partial charge in [-0.1, -0.05) is 31.3 Å². The molecule has 1 aliphatic rings. The molecule has 1 aliphatic heterocycles. The molecule has 0 bridgehead atoms. The van der Waals surface area contributed by atoms with E-state index in [1.165, 1.54) is 6.42 Å². The van der Waals surface area contributed by atoms with Gasteiger partial charge in [0.2, 0.25) is 0 Å². The predicted octanol–water partition coefficient (Wildman–Crippen LogP) is 2.60. The second-order valence-corrected chi connectivity index (χ2v) is 5.61. The Bertz CT molecular complexity index is 568. The lowest BCUT2D eigenvalue weighted by molar-refractivity contribution is 0.0670. The molecular weight excluding hydrogens is 262 g/mol. The Morgan fingerprint density at radius 3 is 3.00 bits per heavy atom. The number of aliphatic hydroxyl groups excluding tert-OH is 1. The molecule has 0 aliphatic carbocycles. The molecule has 1 aromatic rings. The van der Waals surface area contributed by atoms with Crippen LogP contribution in [0.3, 0.4) is 0 Å². The lowest BCUT2D eigenvalue weighted by atomic mass is 9.94. The maximum absolute atomic E-state index is 12.7. The Hall–Kier alpha value is -1.79. The second-order valence-electron chi connectivity index (χ2n) is 5.61. The number of amides is 1. The molecule has 1 heterocycles. The van der Waals surface area contributed by atoms with E-state index in [2.05, 4.69) is 18.8 Å².